The molecule has 1 aliphatic rings. The number of nitrogens with two attached hydrogens (primary N) is 1. The molecule has 0 aromatic heterocycles. The van der Waals surface area contributed by atoms with E-state index < -0.39 is 53.8 Å². The van der Waals surface area contributed by atoms with Crippen LogP contribution in [0.1, 0.15) is 29.0 Å². The van der Waals surface area contributed by atoms with Crippen LogP contribution in [0.5, 0.6) is 0 Å². The van der Waals surface area contributed by atoms with Crippen LogP contribution in [0.25, 0.3) is 0 Å². The van der Waals surface area contributed by atoms with E-state index in [1.165, 1.54) is 24.3 Å². The number of carbonyl (C=O) groups is 1. The van der Waals surface area contributed by atoms with Crippen molar-refractivity contribution in [1.82, 2.24) is 5.32 Å². The standard InChI is InChI=1S/C20H15ClF6N4O/c21-14-6-11(29)3-4-15(14)31-18(32)16-7-12(17(30-16)20(25,26)27)9-1-2-10(8-28)13(5-9)19(22,23)24/h1-6,12,16-17,30H,7,29H2,(H,31,32)/t12?,16-,17+/m0/s1. The molecule has 0 radical (unpaired) electrons. The third-order valence-corrected chi connectivity index (χ3v) is 5.40. The second-order valence-corrected chi connectivity index (χ2v) is 7.63. The summed E-state index contributed by atoms with van der Waals surface area (Å²) in [6, 6.07) is 4.30. The lowest BCUT2D eigenvalue weighted by atomic mass is 9.88. The fourth-order valence-corrected chi connectivity index (χ4v) is 3.84. The second kappa shape index (κ2) is 8.52. The van der Waals surface area contributed by atoms with Crippen molar-refractivity contribution in [3.8, 4) is 6.07 Å². The highest BCUT2D eigenvalue weighted by atomic mass is 35.5. The molecule has 12 heteroatoms. The molecule has 3 rings (SSSR count). The lowest BCUT2D eigenvalue weighted by Crippen LogP contribution is -2.46. The van der Waals surface area contributed by atoms with E-state index in [9.17, 15) is 31.1 Å². The van der Waals surface area contributed by atoms with Gasteiger partial charge in [0.2, 0.25) is 5.91 Å². The Morgan fingerprint density at radius 2 is 1.84 bits per heavy atom. The Balaban J connectivity index is 1.91. The number of amides is 1. The molecule has 2 aromatic rings. The molecule has 0 saturated carbocycles. The molecular formula is C20H15ClF6N4O. The smallest absolute Gasteiger partial charge is 0.399 e. The van der Waals surface area contributed by atoms with Gasteiger partial charge in [-0.2, -0.15) is 31.6 Å². The maximum Gasteiger partial charge on any atom is 0.417 e. The van der Waals surface area contributed by atoms with E-state index in [0.717, 1.165) is 12.1 Å². The van der Waals surface area contributed by atoms with Crippen LogP contribution in [0, 0.1) is 11.3 Å². The van der Waals surface area contributed by atoms with Crippen molar-refractivity contribution >= 4 is 28.9 Å². The minimum absolute atomic E-state index is 0.0715. The Morgan fingerprint density at radius 1 is 1.16 bits per heavy atom. The maximum absolute atomic E-state index is 13.6. The van der Waals surface area contributed by atoms with E-state index >= 15 is 0 Å². The average molecular weight is 477 g/mol. The van der Waals surface area contributed by atoms with Gasteiger partial charge in [-0.25, -0.2) is 0 Å². The monoisotopic (exact) mass is 476 g/mol. The summed E-state index contributed by atoms with van der Waals surface area (Å²) in [6.07, 6.45) is -10.2. The minimum Gasteiger partial charge on any atom is -0.399 e. The van der Waals surface area contributed by atoms with Crippen molar-refractivity contribution in [3.05, 3.63) is 58.1 Å². The van der Waals surface area contributed by atoms with Gasteiger partial charge in [0.25, 0.3) is 0 Å². The molecule has 170 valence electrons. The van der Waals surface area contributed by atoms with E-state index in [2.05, 4.69) is 10.6 Å². The van der Waals surface area contributed by atoms with Gasteiger partial charge in [-0.15, -0.1) is 0 Å². The molecule has 4 N–H and O–H groups in total. The van der Waals surface area contributed by atoms with Gasteiger partial charge in [-0.1, -0.05) is 17.7 Å². The van der Waals surface area contributed by atoms with Crippen molar-refractivity contribution in [2.75, 3.05) is 11.1 Å². The van der Waals surface area contributed by atoms with Crippen LogP contribution in [0.15, 0.2) is 36.4 Å². The van der Waals surface area contributed by atoms with Crippen molar-refractivity contribution in [2.45, 2.75) is 36.8 Å². The number of alkyl halides is 6. The number of carbonyl (C=O) groups excluding carboxylic acids is 1. The van der Waals surface area contributed by atoms with Gasteiger partial charge in [0.1, 0.15) is 6.04 Å². The highest BCUT2D eigenvalue weighted by molar-refractivity contribution is 6.34. The van der Waals surface area contributed by atoms with E-state index in [4.69, 9.17) is 22.6 Å². The van der Waals surface area contributed by atoms with Crippen LogP contribution < -0.4 is 16.4 Å². The summed E-state index contributed by atoms with van der Waals surface area (Å²) in [6.45, 7) is 0. The average Bonchev–Trinajstić information content (AvgIpc) is 3.15. The first-order valence-electron chi connectivity index (χ1n) is 9.11. The first-order chi connectivity index (χ1) is 14.8. The van der Waals surface area contributed by atoms with Crippen LogP contribution in [0.3, 0.4) is 0 Å². The van der Waals surface area contributed by atoms with Crippen LogP contribution in [-0.2, 0) is 11.0 Å². The molecule has 32 heavy (non-hydrogen) atoms. The summed E-state index contributed by atoms with van der Waals surface area (Å²) in [5, 5.41) is 13.5. The van der Waals surface area contributed by atoms with Gasteiger partial charge in [0.05, 0.1) is 33.9 Å². The Bertz CT molecular complexity index is 1080. The Hall–Kier alpha value is -2.97. The zero-order valence-corrected chi connectivity index (χ0v) is 16.7. The molecule has 3 atom stereocenters. The number of nitriles is 1. The van der Waals surface area contributed by atoms with E-state index in [-0.39, 0.29) is 16.3 Å². The third kappa shape index (κ3) is 4.92. The minimum atomic E-state index is -4.93. The molecular weight excluding hydrogens is 462 g/mol. The summed E-state index contributed by atoms with van der Waals surface area (Å²) >= 11 is 5.97. The SMILES string of the molecule is N#Cc1ccc(C2C[C@@H](C(=O)Nc3ccc(N)cc3Cl)N[C@H]2C(F)(F)F)cc1C(F)(F)F. The maximum atomic E-state index is 13.6. The van der Waals surface area contributed by atoms with Crippen LogP contribution in [0.4, 0.5) is 37.7 Å². The molecule has 1 unspecified atom stereocenters. The fraction of sp³-hybridized carbons (Fsp3) is 0.300. The van der Waals surface area contributed by atoms with Crippen molar-refractivity contribution < 1.29 is 31.1 Å². The number of hydrogen-bond donors (Lipinski definition) is 3. The molecule has 1 saturated heterocycles. The Kier molecular flexibility index (Phi) is 6.31. The number of hydrogen-bond acceptors (Lipinski definition) is 4. The van der Waals surface area contributed by atoms with Gasteiger partial charge in [-0.05, 0) is 42.3 Å². The number of anilines is 2. The topological polar surface area (TPSA) is 90.9 Å². The van der Waals surface area contributed by atoms with Gasteiger partial charge in [0.15, 0.2) is 0 Å². The molecule has 1 aliphatic heterocycles. The summed E-state index contributed by atoms with van der Waals surface area (Å²) in [5.41, 5.74) is 3.67. The Labute approximate surface area is 183 Å². The lowest BCUT2D eigenvalue weighted by molar-refractivity contribution is -0.156. The molecule has 0 spiro atoms. The van der Waals surface area contributed by atoms with Gasteiger partial charge in [0, 0.05) is 11.6 Å². The van der Waals surface area contributed by atoms with Gasteiger partial charge in [-0.3, -0.25) is 10.1 Å². The van der Waals surface area contributed by atoms with Crippen molar-refractivity contribution in [1.29, 1.82) is 5.26 Å². The number of benzene rings is 2. The zero-order chi connectivity index (χ0) is 23.8. The number of halogens is 7. The highest BCUT2D eigenvalue weighted by Gasteiger charge is 2.52. The van der Waals surface area contributed by atoms with Crippen molar-refractivity contribution in [3.63, 3.8) is 0 Å². The first-order valence-corrected chi connectivity index (χ1v) is 9.49. The van der Waals surface area contributed by atoms with E-state index in [1.54, 1.807) is 0 Å². The summed E-state index contributed by atoms with van der Waals surface area (Å²) in [5.74, 6) is -2.32. The second-order valence-electron chi connectivity index (χ2n) is 7.22. The van der Waals surface area contributed by atoms with Gasteiger partial charge >= 0.3 is 12.4 Å². The fourth-order valence-electron chi connectivity index (χ4n) is 3.60. The number of nitrogens with zero attached hydrogens (tertiary/aromatic N) is 1. The molecule has 1 heterocycles. The molecule has 0 aliphatic carbocycles. The molecule has 1 fully saturated rings. The summed E-state index contributed by atoms with van der Waals surface area (Å²) in [4.78, 5) is 12.6. The predicted octanol–water partition coefficient (Wildman–Crippen LogP) is 4.83. The van der Waals surface area contributed by atoms with Gasteiger partial charge < -0.3 is 11.1 Å². The van der Waals surface area contributed by atoms with Crippen molar-refractivity contribution in [2.24, 2.45) is 0 Å². The molecule has 1 amide bonds. The zero-order valence-electron chi connectivity index (χ0n) is 16.0. The Morgan fingerprint density at radius 3 is 2.41 bits per heavy atom. The summed E-state index contributed by atoms with van der Waals surface area (Å²) < 4.78 is 80.8. The number of nitrogens with one attached hydrogen (secondary N) is 2. The molecule has 2 aromatic carbocycles. The van der Waals surface area contributed by atoms with E-state index in [1.807, 2.05) is 0 Å². The lowest BCUT2D eigenvalue weighted by Gasteiger charge is -2.23. The quantitative estimate of drug-likeness (QED) is 0.437. The van der Waals surface area contributed by atoms with Crippen LogP contribution in [-0.4, -0.2) is 24.2 Å². The third-order valence-electron chi connectivity index (χ3n) is 5.09. The normalized spacial score (nSPS) is 21.2. The highest BCUT2D eigenvalue weighted by Crippen LogP contribution is 2.42. The predicted molar refractivity (Wildman–Crippen MR) is 105 cm³/mol. The van der Waals surface area contributed by atoms with E-state index in [0.29, 0.717) is 11.8 Å². The largest absolute Gasteiger partial charge is 0.417 e. The van der Waals surface area contributed by atoms with Crippen LogP contribution >= 0.6 is 11.6 Å². The number of rotatable bonds is 3. The van der Waals surface area contributed by atoms with Crippen LogP contribution in [0.2, 0.25) is 5.02 Å². The molecule has 5 nitrogen and oxygen atoms in total. The molecule has 0 bridgehead atoms. The summed E-state index contributed by atoms with van der Waals surface area (Å²) in [7, 11) is 0. The first kappa shape index (κ1) is 23.7. The number of nitrogen functional groups attached to an aromatic ring is 1.